The van der Waals surface area contributed by atoms with Gasteiger partial charge in [-0.15, -0.1) is 0 Å². The molecule has 3 aromatic rings. The topological polar surface area (TPSA) is 30.7 Å². The van der Waals surface area contributed by atoms with Crippen LogP contribution in [0.1, 0.15) is 31.0 Å². The molecule has 96 valence electrons. The van der Waals surface area contributed by atoms with Gasteiger partial charge in [0.15, 0.2) is 5.82 Å². The molecule has 0 radical (unpaired) electrons. The second-order valence-electron chi connectivity index (χ2n) is 5.14. The smallest absolute Gasteiger partial charge is 0.154 e. The SMILES string of the molecule is Cc1cc(-n2nccc2C(C)C)nc2ccccc12. The average molecular weight is 251 g/mol. The maximum absolute atomic E-state index is 4.72. The number of rotatable bonds is 2. The second-order valence-corrected chi connectivity index (χ2v) is 5.14. The molecule has 0 amide bonds. The number of hydrogen-bond donors (Lipinski definition) is 0. The summed E-state index contributed by atoms with van der Waals surface area (Å²) in [6.07, 6.45) is 1.83. The predicted octanol–water partition coefficient (Wildman–Crippen LogP) is 3.85. The third kappa shape index (κ3) is 2.01. The summed E-state index contributed by atoms with van der Waals surface area (Å²) in [6.45, 7) is 6.45. The number of para-hydroxylation sites is 1. The van der Waals surface area contributed by atoms with Crippen molar-refractivity contribution in [2.45, 2.75) is 26.7 Å². The third-order valence-corrected chi connectivity index (χ3v) is 3.39. The van der Waals surface area contributed by atoms with E-state index in [9.17, 15) is 0 Å². The highest BCUT2D eigenvalue weighted by atomic mass is 15.3. The van der Waals surface area contributed by atoms with Gasteiger partial charge in [0, 0.05) is 17.3 Å². The number of pyridine rings is 1. The van der Waals surface area contributed by atoms with Gasteiger partial charge in [-0.1, -0.05) is 32.0 Å². The van der Waals surface area contributed by atoms with Crippen molar-refractivity contribution in [3.8, 4) is 5.82 Å². The zero-order valence-electron chi connectivity index (χ0n) is 11.5. The van der Waals surface area contributed by atoms with Crippen molar-refractivity contribution in [1.82, 2.24) is 14.8 Å². The van der Waals surface area contributed by atoms with E-state index in [-0.39, 0.29) is 0 Å². The van der Waals surface area contributed by atoms with E-state index >= 15 is 0 Å². The molecule has 3 nitrogen and oxygen atoms in total. The summed E-state index contributed by atoms with van der Waals surface area (Å²) in [6, 6.07) is 12.4. The van der Waals surface area contributed by atoms with Crippen molar-refractivity contribution in [1.29, 1.82) is 0 Å². The molecule has 0 aliphatic heterocycles. The summed E-state index contributed by atoms with van der Waals surface area (Å²) >= 11 is 0. The number of aromatic nitrogens is 3. The Kier molecular flexibility index (Phi) is 2.82. The quantitative estimate of drug-likeness (QED) is 0.692. The number of nitrogens with zero attached hydrogens (tertiary/aromatic N) is 3. The van der Waals surface area contributed by atoms with Gasteiger partial charge in [-0.2, -0.15) is 5.10 Å². The van der Waals surface area contributed by atoms with Crippen LogP contribution in [0.3, 0.4) is 0 Å². The lowest BCUT2D eigenvalue weighted by Crippen LogP contribution is -2.06. The van der Waals surface area contributed by atoms with Gasteiger partial charge < -0.3 is 0 Å². The minimum atomic E-state index is 0.427. The van der Waals surface area contributed by atoms with Gasteiger partial charge in [0.25, 0.3) is 0 Å². The maximum atomic E-state index is 4.72. The fourth-order valence-corrected chi connectivity index (χ4v) is 2.38. The Hall–Kier alpha value is -2.16. The Morgan fingerprint density at radius 3 is 2.68 bits per heavy atom. The van der Waals surface area contributed by atoms with Crippen molar-refractivity contribution in [3.05, 3.63) is 53.9 Å². The van der Waals surface area contributed by atoms with E-state index in [0.29, 0.717) is 5.92 Å². The monoisotopic (exact) mass is 251 g/mol. The van der Waals surface area contributed by atoms with Gasteiger partial charge in [0.1, 0.15) is 0 Å². The van der Waals surface area contributed by atoms with Crippen LogP contribution in [0, 0.1) is 6.92 Å². The third-order valence-electron chi connectivity index (χ3n) is 3.39. The van der Waals surface area contributed by atoms with Crippen LogP contribution in [0.25, 0.3) is 16.7 Å². The van der Waals surface area contributed by atoms with Gasteiger partial charge in [0.2, 0.25) is 0 Å². The summed E-state index contributed by atoms with van der Waals surface area (Å²) in [7, 11) is 0. The summed E-state index contributed by atoms with van der Waals surface area (Å²) in [4.78, 5) is 4.72. The molecule has 19 heavy (non-hydrogen) atoms. The summed E-state index contributed by atoms with van der Waals surface area (Å²) < 4.78 is 1.93. The van der Waals surface area contributed by atoms with Gasteiger partial charge in [-0.3, -0.25) is 0 Å². The minimum absolute atomic E-state index is 0.427. The molecule has 0 unspecified atom stereocenters. The molecular formula is C16H17N3. The first kappa shape index (κ1) is 11.9. The molecule has 0 bridgehead atoms. The molecule has 0 fully saturated rings. The van der Waals surface area contributed by atoms with E-state index in [1.807, 2.05) is 29.1 Å². The number of fused-ring (bicyclic) bond motifs is 1. The summed E-state index contributed by atoms with van der Waals surface area (Å²) in [5.74, 6) is 1.32. The summed E-state index contributed by atoms with van der Waals surface area (Å²) in [5, 5.41) is 5.61. The first-order valence-corrected chi connectivity index (χ1v) is 6.57. The molecule has 3 rings (SSSR count). The van der Waals surface area contributed by atoms with Gasteiger partial charge >= 0.3 is 0 Å². The van der Waals surface area contributed by atoms with Gasteiger partial charge in [-0.05, 0) is 36.6 Å². The zero-order valence-corrected chi connectivity index (χ0v) is 11.5. The average Bonchev–Trinajstić information content (AvgIpc) is 2.88. The fraction of sp³-hybridized carbons (Fsp3) is 0.250. The van der Waals surface area contributed by atoms with Crippen LogP contribution in [-0.2, 0) is 0 Å². The highest BCUT2D eigenvalue weighted by molar-refractivity contribution is 5.82. The van der Waals surface area contributed by atoms with E-state index in [4.69, 9.17) is 4.98 Å². The zero-order chi connectivity index (χ0) is 13.4. The van der Waals surface area contributed by atoms with Gasteiger partial charge in [0.05, 0.1) is 5.52 Å². The Balaban J connectivity index is 2.23. The predicted molar refractivity (Wildman–Crippen MR) is 77.7 cm³/mol. The number of hydrogen-bond acceptors (Lipinski definition) is 2. The highest BCUT2D eigenvalue weighted by Crippen LogP contribution is 2.22. The standard InChI is InChI=1S/C16H17N3/c1-11(2)15-8-9-17-19(15)16-10-12(3)13-6-4-5-7-14(13)18-16/h4-11H,1-3H3. The molecule has 0 N–H and O–H groups in total. The van der Waals surface area contributed by atoms with Crippen molar-refractivity contribution >= 4 is 10.9 Å². The molecule has 0 aliphatic carbocycles. The molecule has 0 aliphatic rings. The van der Waals surface area contributed by atoms with E-state index in [1.165, 1.54) is 16.6 Å². The van der Waals surface area contributed by atoms with E-state index in [0.717, 1.165) is 11.3 Å². The van der Waals surface area contributed by atoms with Crippen LogP contribution in [0.2, 0.25) is 0 Å². The van der Waals surface area contributed by atoms with E-state index in [2.05, 4.69) is 44.1 Å². The molecule has 1 aromatic carbocycles. The molecule has 2 aromatic heterocycles. The van der Waals surface area contributed by atoms with Crippen LogP contribution < -0.4 is 0 Å². The van der Waals surface area contributed by atoms with Crippen LogP contribution in [0.4, 0.5) is 0 Å². The van der Waals surface area contributed by atoms with Crippen LogP contribution >= 0.6 is 0 Å². The highest BCUT2D eigenvalue weighted by Gasteiger charge is 2.11. The molecular weight excluding hydrogens is 234 g/mol. The largest absolute Gasteiger partial charge is 0.229 e. The summed E-state index contributed by atoms with van der Waals surface area (Å²) in [5.41, 5.74) is 3.43. The van der Waals surface area contributed by atoms with Crippen LogP contribution in [0.5, 0.6) is 0 Å². The Bertz CT molecular complexity index is 726. The number of benzene rings is 1. The van der Waals surface area contributed by atoms with E-state index < -0.39 is 0 Å². The van der Waals surface area contributed by atoms with Gasteiger partial charge in [-0.25, -0.2) is 9.67 Å². The molecule has 0 atom stereocenters. The molecule has 2 heterocycles. The Morgan fingerprint density at radius 1 is 1.11 bits per heavy atom. The molecule has 0 saturated carbocycles. The number of aryl methyl sites for hydroxylation is 1. The lowest BCUT2D eigenvalue weighted by Gasteiger charge is -2.11. The molecule has 0 saturated heterocycles. The first-order valence-electron chi connectivity index (χ1n) is 6.57. The van der Waals surface area contributed by atoms with Crippen molar-refractivity contribution in [2.75, 3.05) is 0 Å². The Labute approximate surface area is 112 Å². The maximum Gasteiger partial charge on any atom is 0.154 e. The van der Waals surface area contributed by atoms with Crippen molar-refractivity contribution in [2.24, 2.45) is 0 Å². The van der Waals surface area contributed by atoms with E-state index in [1.54, 1.807) is 0 Å². The van der Waals surface area contributed by atoms with Crippen molar-refractivity contribution < 1.29 is 0 Å². The normalized spacial score (nSPS) is 11.4. The first-order chi connectivity index (χ1) is 9.16. The lowest BCUT2D eigenvalue weighted by molar-refractivity contribution is 0.722. The van der Waals surface area contributed by atoms with Crippen LogP contribution in [0.15, 0.2) is 42.6 Å². The fourth-order valence-electron chi connectivity index (χ4n) is 2.38. The minimum Gasteiger partial charge on any atom is -0.229 e. The molecule has 0 spiro atoms. The second kappa shape index (κ2) is 4.50. The lowest BCUT2D eigenvalue weighted by atomic mass is 10.1. The van der Waals surface area contributed by atoms with Crippen LogP contribution in [-0.4, -0.2) is 14.8 Å². The molecule has 3 heteroatoms. The Morgan fingerprint density at radius 2 is 1.89 bits per heavy atom. The van der Waals surface area contributed by atoms with Crippen molar-refractivity contribution in [3.63, 3.8) is 0 Å².